The van der Waals surface area contributed by atoms with Crippen molar-refractivity contribution in [3.05, 3.63) is 65.2 Å². The first-order chi connectivity index (χ1) is 13.2. The summed E-state index contributed by atoms with van der Waals surface area (Å²) in [6, 6.07) is 17.3. The van der Waals surface area contributed by atoms with Crippen LogP contribution in [0.5, 0.6) is 0 Å². The van der Waals surface area contributed by atoms with Crippen LogP contribution in [0.25, 0.3) is 11.4 Å². The van der Waals surface area contributed by atoms with Crippen LogP contribution in [-0.4, -0.2) is 35.2 Å². The molecule has 0 spiro atoms. The summed E-state index contributed by atoms with van der Waals surface area (Å²) in [5.41, 5.74) is 1.51. The number of amides is 1. The zero-order chi connectivity index (χ0) is 18.6. The van der Waals surface area contributed by atoms with E-state index in [2.05, 4.69) is 15.5 Å². The van der Waals surface area contributed by atoms with Gasteiger partial charge in [0.25, 0.3) is 5.91 Å². The first-order valence-electron chi connectivity index (χ1n) is 8.89. The normalized spacial score (nSPS) is 14.9. The fraction of sp³-hybridized carbons (Fsp3) is 0.250. The molecular formula is C20H19ClN4O2. The lowest BCUT2D eigenvalue weighted by Crippen LogP contribution is -2.44. The van der Waals surface area contributed by atoms with Gasteiger partial charge < -0.3 is 14.7 Å². The maximum atomic E-state index is 12.3. The van der Waals surface area contributed by atoms with Gasteiger partial charge in [-0.1, -0.05) is 47.1 Å². The lowest BCUT2D eigenvalue weighted by atomic mass is 10.0. The maximum Gasteiger partial charge on any atom is 0.324 e. The summed E-state index contributed by atoms with van der Waals surface area (Å²) in [6.45, 7) is 1.49. The molecule has 3 aromatic rings. The molecule has 7 heteroatoms. The molecule has 0 radical (unpaired) electrons. The van der Waals surface area contributed by atoms with E-state index in [1.165, 1.54) is 0 Å². The minimum absolute atomic E-state index is 0.0323. The van der Waals surface area contributed by atoms with Gasteiger partial charge in [-0.05, 0) is 37.1 Å². The van der Waals surface area contributed by atoms with Crippen LogP contribution < -0.4 is 10.2 Å². The smallest absolute Gasteiger partial charge is 0.324 e. The molecule has 1 N–H and O–H groups in total. The molecular weight excluding hydrogens is 364 g/mol. The number of carbonyl (C=O) groups is 1. The second-order valence-corrected chi connectivity index (χ2v) is 6.95. The fourth-order valence-electron chi connectivity index (χ4n) is 3.16. The Labute approximate surface area is 162 Å². The number of anilines is 1. The van der Waals surface area contributed by atoms with E-state index in [4.69, 9.17) is 16.1 Å². The standard InChI is InChI=1S/C20H19ClN4O2/c21-16-8-4-7-15(13-16)18-23-20(27-24-18)25-11-9-17(10-12-25)22-19(26)14-5-2-1-3-6-14/h1-8,13,17H,9-12H2,(H,22,26). The van der Waals surface area contributed by atoms with Crippen molar-refractivity contribution in [2.75, 3.05) is 18.0 Å². The minimum Gasteiger partial charge on any atom is -0.349 e. The Morgan fingerprint density at radius 3 is 2.63 bits per heavy atom. The Morgan fingerprint density at radius 1 is 1.11 bits per heavy atom. The fourth-order valence-corrected chi connectivity index (χ4v) is 3.35. The Bertz CT molecular complexity index is 920. The van der Waals surface area contributed by atoms with E-state index >= 15 is 0 Å². The van der Waals surface area contributed by atoms with Crippen molar-refractivity contribution >= 4 is 23.5 Å². The monoisotopic (exact) mass is 382 g/mol. The summed E-state index contributed by atoms with van der Waals surface area (Å²) in [5.74, 6) is 0.488. The predicted molar refractivity (Wildman–Crippen MR) is 104 cm³/mol. The van der Waals surface area contributed by atoms with E-state index in [0.717, 1.165) is 31.5 Å². The zero-order valence-electron chi connectivity index (χ0n) is 14.6. The molecule has 1 aliphatic heterocycles. The molecule has 138 valence electrons. The second-order valence-electron chi connectivity index (χ2n) is 6.51. The molecule has 1 aromatic heterocycles. The maximum absolute atomic E-state index is 12.3. The molecule has 0 atom stereocenters. The van der Waals surface area contributed by atoms with Gasteiger partial charge in [0.15, 0.2) is 0 Å². The van der Waals surface area contributed by atoms with Crippen molar-refractivity contribution in [2.24, 2.45) is 0 Å². The van der Waals surface area contributed by atoms with Crippen LogP contribution in [0.2, 0.25) is 5.02 Å². The number of hydrogen-bond donors (Lipinski definition) is 1. The van der Waals surface area contributed by atoms with Crippen molar-refractivity contribution in [3.8, 4) is 11.4 Å². The van der Waals surface area contributed by atoms with Crippen LogP contribution >= 0.6 is 11.6 Å². The molecule has 0 bridgehead atoms. The number of rotatable bonds is 4. The zero-order valence-corrected chi connectivity index (χ0v) is 15.4. The summed E-state index contributed by atoms with van der Waals surface area (Å²) in [4.78, 5) is 18.8. The Hall–Kier alpha value is -2.86. The van der Waals surface area contributed by atoms with E-state index < -0.39 is 0 Å². The number of halogens is 1. The van der Waals surface area contributed by atoms with Crippen LogP contribution in [0.3, 0.4) is 0 Å². The summed E-state index contributed by atoms with van der Waals surface area (Å²) in [7, 11) is 0. The molecule has 6 nitrogen and oxygen atoms in total. The highest BCUT2D eigenvalue weighted by atomic mass is 35.5. The van der Waals surface area contributed by atoms with Crippen molar-refractivity contribution in [2.45, 2.75) is 18.9 Å². The molecule has 1 fully saturated rings. The first kappa shape index (κ1) is 17.5. The third-order valence-electron chi connectivity index (χ3n) is 4.63. The SMILES string of the molecule is O=C(NC1CCN(c2nc(-c3cccc(Cl)c3)no2)CC1)c1ccccc1. The van der Waals surface area contributed by atoms with Crippen molar-refractivity contribution in [3.63, 3.8) is 0 Å². The summed E-state index contributed by atoms with van der Waals surface area (Å²) >= 11 is 6.02. The average molecular weight is 383 g/mol. The van der Waals surface area contributed by atoms with Gasteiger partial charge in [0, 0.05) is 35.3 Å². The van der Waals surface area contributed by atoms with E-state index in [0.29, 0.717) is 22.4 Å². The number of piperidine rings is 1. The highest BCUT2D eigenvalue weighted by Gasteiger charge is 2.24. The summed E-state index contributed by atoms with van der Waals surface area (Å²) in [5, 5.41) is 7.78. The third-order valence-corrected chi connectivity index (χ3v) is 4.87. The lowest BCUT2D eigenvalue weighted by molar-refractivity contribution is 0.0931. The van der Waals surface area contributed by atoms with Crippen molar-refractivity contribution in [1.82, 2.24) is 15.5 Å². The number of nitrogens with zero attached hydrogens (tertiary/aromatic N) is 3. The molecule has 2 aromatic carbocycles. The lowest BCUT2D eigenvalue weighted by Gasteiger charge is -2.30. The van der Waals surface area contributed by atoms with Crippen LogP contribution in [0, 0.1) is 0 Å². The van der Waals surface area contributed by atoms with Gasteiger partial charge in [0.05, 0.1) is 0 Å². The van der Waals surface area contributed by atoms with E-state index in [1.54, 1.807) is 6.07 Å². The molecule has 4 rings (SSSR count). The number of benzene rings is 2. The number of hydrogen-bond acceptors (Lipinski definition) is 5. The average Bonchev–Trinajstić information content (AvgIpc) is 3.19. The predicted octanol–water partition coefficient (Wildman–Crippen LogP) is 3.79. The van der Waals surface area contributed by atoms with E-state index in [9.17, 15) is 4.79 Å². The van der Waals surface area contributed by atoms with Gasteiger partial charge in [-0.25, -0.2) is 0 Å². The molecule has 1 aliphatic rings. The van der Waals surface area contributed by atoms with Gasteiger partial charge in [-0.2, -0.15) is 4.98 Å². The van der Waals surface area contributed by atoms with Crippen LogP contribution in [0.4, 0.5) is 6.01 Å². The molecule has 1 saturated heterocycles. The van der Waals surface area contributed by atoms with Gasteiger partial charge >= 0.3 is 6.01 Å². The highest BCUT2D eigenvalue weighted by Crippen LogP contribution is 2.24. The van der Waals surface area contributed by atoms with E-state index in [1.807, 2.05) is 53.4 Å². The molecule has 27 heavy (non-hydrogen) atoms. The molecule has 2 heterocycles. The number of carbonyl (C=O) groups excluding carboxylic acids is 1. The topological polar surface area (TPSA) is 71.3 Å². The van der Waals surface area contributed by atoms with Crippen LogP contribution in [0.1, 0.15) is 23.2 Å². The number of aromatic nitrogens is 2. The molecule has 1 amide bonds. The third kappa shape index (κ3) is 4.11. The van der Waals surface area contributed by atoms with Gasteiger partial charge in [-0.3, -0.25) is 4.79 Å². The van der Waals surface area contributed by atoms with E-state index in [-0.39, 0.29) is 11.9 Å². The highest BCUT2D eigenvalue weighted by molar-refractivity contribution is 6.30. The molecule has 0 unspecified atom stereocenters. The molecule has 0 aliphatic carbocycles. The Balaban J connectivity index is 1.35. The summed E-state index contributed by atoms with van der Waals surface area (Å²) < 4.78 is 5.42. The van der Waals surface area contributed by atoms with Gasteiger partial charge in [0.1, 0.15) is 0 Å². The Kier molecular flexibility index (Phi) is 5.07. The van der Waals surface area contributed by atoms with Crippen LogP contribution in [0.15, 0.2) is 59.1 Å². The van der Waals surface area contributed by atoms with Gasteiger partial charge in [-0.15, -0.1) is 0 Å². The van der Waals surface area contributed by atoms with Crippen molar-refractivity contribution < 1.29 is 9.32 Å². The molecule has 0 saturated carbocycles. The van der Waals surface area contributed by atoms with Gasteiger partial charge in [0.2, 0.25) is 5.82 Å². The largest absolute Gasteiger partial charge is 0.349 e. The minimum atomic E-state index is -0.0323. The Morgan fingerprint density at radius 2 is 1.89 bits per heavy atom. The quantitative estimate of drug-likeness (QED) is 0.743. The second kappa shape index (κ2) is 7.80. The summed E-state index contributed by atoms with van der Waals surface area (Å²) in [6.07, 6.45) is 1.65. The number of nitrogens with one attached hydrogen (secondary N) is 1. The first-order valence-corrected chi connectivity index (χ1v) is 9.27. The van der Waals surface area contributed by atoms with Crippen LogP contribution in [-0.2, 0) is 0 Å². The van der Waals surface area contributed by atoms with Crippen molar-refractivity contribution in [1.29, 1.82) is 0 Å².